The molecule has 62 heavy (non-hydrogen) atoms. The van der Waals surface area contributed by atoms with Crippen molar-refractivity contribution in [3.8, 4) is 58.5 Å². The van der Waals surface area contributed by atoms with Crippen LogP contribution in [0.25, 0.3) is 58.5 Å². The number of rotatable bonds is 24. The van der Waals surface area contributed by atoms with Crippen molar-refractivity contribution in [1.29, 1.82) is 0 Å². The van der Waals surface area contributed by atoms with Gasteiger partial charge in [0.1, 0.15) is 6.61 Å². The molecule has 0 atom stereocenters. The Morgan fingerprint density at radius 2 is 0.903 bits per heavy atom. The first kappa shape index (κ1) is 45.2. The predicted molar refractivity (Wildman–Crippen MR) is 278 cm³/mol. The van der Waals surface area contributed by atoms with Gasteiger partial charge in [0, 0.05) is 58.5 Å². The maximum absolute atomic E-state index is 13.7. The van der Waals surface area contributed by atoms with Gasteiger partial charge in [-0.1, -0.05) is 121 Å². The van der Waals surface area contributed by atoms with Crippen LogP contribution in [0.4, 0.5) is 0 Å². The molecule has 0 saturated carbocycles. The quantitative estimate of drug-likeness (QED) is 0.0446. The summed E-state index contributed by atoms with van der Waals surface area (Å²) in [5, 5.41) is 4.34. The van der Waals surface area contributed by atoms with Gasteiger partial charge in [0.05, 0.1) is 6.42 Å². The molecule has 0 unspecified atom stereocenters. The lowest BCUT2D eigenvalue weighted by Crippen LogP contribution is -2.07. The van der Waals surface area contributed by atoms with E-state index < -0.39 is 0 Å². The van der Waals surface area contributed by atoms with E-state index in [0.29, 0.717) is 0 Å². The summed E-state index contributed by atoms with van der Waals surface area (Å²) < 4.78 is 5.94. The van der Waals surface area contributed by atoms with Crippen LogP contribution in [-0.2, 0) is 35.4 Å². The SMILES string of the molecule is CCCCCCCCc1cc(-c2cc(CC(=O)OCc3ccccc3)c(-c3cc(CCCCCCCC)c(-c4ccc(-c5cccs5)s4)s3)s2)sc1-c1ccc(-c2cccs2)s1. The lowest BCUT2D eigenvalue weighted by Gasteiger charge is -2.05. The molecule has 0 saturated heterocycles. The Bertz CT molecular complexity index is 2560. The van der Waals surface area contributed by atoms with E-state index in [1.807, 2.05) is 110 Å². The van der Waals surface area contributed by atoms with E-state index in [2.05, 4.69) is 91.3 Å². The zero-order valence-electron chi connectivity index (χ0n) is 35.9. The Morgan fingerprint density at radius 3 is 1.44 bits per heavy atom. The van der Waals surface area contributed by atoms with Gasteiger partial charge >= 0.3 is 5.97 Å². The topological polar surface area (TPSA) is 26.3 Å². The summed E-state index contributed by atoms with van der Waals surface area (Å²) >= 11 is 13.1. The first-order valence-corrected chi connectivity index (χ1v) is 28.3. The van der Waals surface area contributed by atoms with Crippen LogP contribution in [0.5, 0.6) is 0 Å². The van der Waals surface area contributed by atoms with Gasteiger partial charge in [0.15, 0.2) is 0 Å². The molecule has 8 rings (SSSR count). The van der Waals surface area contributed by atoms with Crippen LogP contribution in [-0.4, -0.2) is 5.97 Å². The normalized spacial score (nSPS) is 11.5. The third-order valence-electron chi connectivity index (χ3n) is 11.3. The fraction of sp³-hybridized carbons (Fsp3) is 0.340. The summed E-state index contributed by atoms with van der Waals surface area (Å²) in [7, 11) is 0. The Kier molecular flexibility index (Phi) is 16.7. The predicted octanol–water partition coefficient (Wildman–Crippen LogP) is 19.2. The number of hydrogen-bond acceptors (Lipinski definition) is 9. The molecule has 0 spiro atoms. The Balaban J connectivity index is 1.15. The minimum absolute atomic E-state index is 0.183. The van der Waals surface area contributed by atoms with E-state index in [1.165, 1.54) is 147 Å². The second-order valence-electron chi connectivity index (χ2n) is 16.0. The van der Waals surface area contributed by atoms with E-state index >= 15 is 0 Å². The van der Waals surface area contributed by atoms with E-state index in [9.17, 15) is 4.79 Å². The third kappa shape index (κ3) is 11.8. The number of thiophene rings is 7. The van der Waals surface area contributed by atoms with Crippen molar-refractivity contribution in [3.63, 3.8) is 0 Å². The van der Waals surface area contributed by atoms with Crippen molar-refractivity contribution in [1.82, 2.24) is 0 Å². The van der Waals surface area contributed by atoms with Crippen molar-refractivity contribution in [2.45, 2.75) is 117 Å². The molecule has 7 heterocycles. The Labute approximate surface area is 397 Å². The standard InChI is InChI=1S/C53H56O2S7/c1-3-5-7-9-11-16-22-38-32-47(60-51(38)45-28-26-43(58-45)41-24-18-30-56-41)48-34-40(35-50(54)55-36-37-20-14-13-15-21-37)53(61-48)49-33-39(23-17-12-10-8-6-4-2)52(62-49)46-29-27-44(59-46)42-25-19-31-57-42/h13-15,18-21,24-34H,3-12,16-17,22-23,35-36H2,1-2H3. The fourth-order valence-corrected chi connectivity index (χ4v) is 15.7. The van der Waals surface area contributed by atoms with Gasteiger partial charge in [-0.3, -0.25) is 4.79 Å². The number of benzene rings is 1. The molecular formula is C53H56O2S7. The molecule has 7 aromatic heterocycles. The van der Waals surface area contributed by atoms with Crippen LogP contribution in [0.15, 0.2) is 108 Å². The highest BCUT2D eigenvalue weighted by Crippen LogP contribution is 2.50. The van der Waals surface area contributed by atoms with Crippen LogP contribution >= 0.6 is 79.4 Å². The van der Waals surface area contributed by atoms with Crippen molar-refractivity contribution in [2.24, 2.45) is 0 Å². The summed E-state index contributed by atoms with van der Waals surface area (Å²) in [6.45, 7) is 4.86. The molecule has 1 aromatic carbocycles. The van der Waals surface area contributed by atoms with Gasteiger partial charge < -0.3 is 4.74 Å². The summed E-state index contributed by atoms with van der Waals surface area (Å²) in [6, 6.07) is 35.3. The number of carbonyl (C=O) groups is 1. The number of unbranched alkanes of at least 4 members (excludes halogenated alkanes) is 10. The van der Waals surface area contributed by atoms with Crippen molar-refractivity contribution >= 4 is 85.3 Å². The van der Waals surface area contributed by atoms with Crippen LogP contribution in [0.2, 0.25) is 0 Å². The van der Waals surface area contributed by atoms with Gasteiger partial charge in [-0.2, -0.15) is 0 Å². The van der Waals surface area contributed by atoms with Crippen LogP contribution in [0, 0.1) is 0 Å². The Hall–Kier alpha value is -3.41. The summed E-state index contributed by atoms with van der Waals surface area (Å²) in [6.07, 6.45) is 17.8. The van der Waals surface area contributed by atoms with E-state index in [4.69, 9.17) is 4.74 Å². The lowest BCUT2D eigenvalue weighted by atomic mass is 10.0. The number of aryl methyl sites for hydroxylation is 2. The zero-order chi connectivity index (χ0) is 42.5. The molecule has 0 N–H and O–H groups in total. The van der Waals surface area contributed by atoms with Crippen molar-refractivity contribution in [2.75, 3.05) is 0 Å². The molecule has 0 radical (unpaired) electrons. The lowest BCUT2D eigenvalue weighted by molar-refractivity contribution is -0.144. The first-order chi connectivity index (χ1) is 30.6. The molecule has 9 heteroatoms. The highest BCUT2D eigenvalue weighted by molar-refractivity contribution is 7.31. The minimum atomic E-state index is -0.183. The van der Waals surface area contributed by atoms with Gasteiger partial charge in [-0.25, -0.2) is 0 Å². The first-order valence-electron chi connectivity index (χ1n) is 22.4. The zero-order valence-corrected chi connectivity index (χ0v) is 41.6. The van der Waals surface area contributed by atoms with Crippen molar-refractivity contribution in [3.05, 3.63) is 130 Å². The minimum Gasteiger partial charge on any atom is -0.461 e. The van der Waals surface area contributed by atoms with E-state index in [0.717, 1.165) is 24.0 Å². The summed E-state index contributed by atoms with van der Waals surface area (Å²) in [5.74, 6) is -0.183. The molecule has 0 amide bonds. The number of ether oxygens (including phenoxy) is 1. The maximum Gasteiger partial charge on any atom is 0.310 e. The van der Waals surface area contributed by atoms with Gasteiger partial charge in [-0.15, -0.1) is 79.4 Å². The molecular weight excluding hydrogens is 893 g/mol. The second-order valence-corrected chi connectivity index (χ2v) is 23.3. The summed E-state index contributed by atoms with van der Waals surface area (Å²) in [5.41, 5.74) is 4.96. The highest BCUT2D eigenvalue weighted by atomic mass is 32.1. The monoisotopic (exact) mass is 948 g/mol. The molecule has 322 valence electrons. The number of hydrogen-bond donors (Lipinski definition) is 0. The molecule has 0 aliphatic rings. The van der Waals surface area contributed by atoms with Gasteiger partial charge in [0.2, 0.25) is 0 Å². The molecule has 0 aliphatic heterocycles. The molecule has 0 fully saturated rings. The smallest absolute Gasteiger partial charge is 0.310 e. The average Bonchev–Trinajstić information content (AvgIpc) is 4.14. The average molecular weight is 949 g/mol. The largest absolute Gasteiger partial charge is 0.461 e. The van der Waals surface area contributed by atoms with Gasteiger partial charge in [-0.05, 0) is 113 Å². The van der Waals surface area contributed by atoms with Crippen LogP contribution in [0.1, 0.15) is 113 Å². The van der Waals surface area contributed by atoms with E-state index in [-0.39, 0.29) is 19.0 Å². The number of carbonyl (C=O) groups excluding carboxylic acids is 1. The summed E-state index contributed by atoms with van der Waals surface area (Å²) in [4.78, 5) is 29.5. The molecule has 0 bridgehead atoms. The molecule has 8 aromatic rings. The van der Waals surface area contributed by atoms with Crippen molar-refractivity contribution < 1.29 is 9.53 Å². The Morgan fingerprint density at radius 1 is 0.435 bits per heavy atom. The fourth-order valence-electron chi connectivity index (χ4n) is 7.93. The number of esters is 1. The highest BCUT2D eigenvalue weighted by Gasteiger charge is 2.23. The second kappa shape index (κ2) is 23.0. The van der Waals surface area contributed by atoms with Gasteiger partial charge in [0.25, 0.3) is 0 Å². The van der Waals surface area contributed by atoms with E-state index in [1.54, 1.807) is 0 Å². The maximum atomic E-state index is 13.7. The van der Waals surface area contributed by atoms with Crippen LogP contribution in [0.3, 0.4) is 0 Å². The third-order valence-corrected chi connectivity index (χ3v) is 19.8. The molecule has 0 aliphatic carbocycles. The molecule has 2 nitrogen and oxygen atoms in total. The van der Waals surface area contributed by atoms with Crippen LogP contribution < -0.4 is 0 Å².